The zero-order chi connectivity index (χ0) is 29.9. The fourth-order valence-electron chi connectivity index (χ4n) is 6.75. The molecule has 4 atom stereocenters. The Bertz CT molecular complexity index is 1470. The van der Waals surface area contributed by atoms with Crippen LogP contribution in [0, 0.1) is 11.8 Å². The predicted molar refractivity (Wildman–Crippen MR) is 168 cm³/mol. The van der Waals surface area contributed by atoms with Crippen molar-refractivity contribution in [1.29, 1.82) is 0 Å². The highest BCUT2D eigenvalue weighted by Crippen LogP contribution is 2.49. The minimum absolute atomic E-state index is 0.110. The highest BCUT2D eigenvalue weighted by Gasteiger charge is 2.46. The largest absolute Gasteiger partial charge is 0.497 e. The highest BCUT2D eigenvalue weighted by atomic mass is 32.2. The molecule has 1 amide bonds. The van der Waals surface area contributed by atoms with Crippen molar-refractivity contribution in [2.75, 3.05) is 26.7 Å². The van der Waals surface area contributed by atoms with Gasteiger partial charge >= 0.3 is 5.97 Å². The maximum absolute atomic E-state index is 13.5. The van der Waals surface area contributed by atoms with Crippen LogP contribution in [0.3, 0.4) is 0 Å². The number of esters is 1. The first-order chi connectivity index (χ1) is 20.9. The zero-order valence-electron chi connectivity index (χ0n) is 25.0. The Morgan fingerprint density at radius 1 is 1.07 bits per heavy atom. The molecule has 3 aromatic rings. The van der Waals surface area contributed by atoms with Gasteiger partial charge in [0, 0.05) is 23.7 Å². The predicted octanol–water partition coefficient (Wildman–Crippen LogP) is 7.31. The number of carbonyl (C=O) groups is 2. The smallest absolute Gasteiger partial charge is 0.313 e. The maximum Gasteiger partial charge on any atom is 0.313 e. The lowest BCUT2D eigenvalue weighted by Crippen LogP contribution is -2.39. The summed E-state index contributed by atoms with van der Waals surface area (Å²) in [6.45, 7) is 2.16. The number of benzene rings is 2. The van der Waals surface area contributed by atoms with Gasteiger partial charge in [0.15, 0.2) is 0 Å². The molecule has 43 heavy (non-hydrogen) atoms. The van der Waals surface area contributed by atoms with Crippen molar-refractivity contribution in [1.82, 2.24) is 4.90 Å². The fourth-order valence-corrected chi connectivity index (χ4v) is 7.77. The van der Waals surface area contributed by atoms with Crippen LogP contribution in [0.25, 0.3) is 17.4 Å². The molecule has 7 nitrogen and oxygen atoms in total. The van der Waals surface area contributed by atoms with E-state index in [1.807, 2.05) is 67.6 Å². The van der Waals surface area contributed by atoms with Gasteiger partial charge in [-0.05, 0) is 80.2 Å². The molecule has 0 radical (unpaired) electrons. The van der Waals surface area contributed by atoms with Gasteiger partial charge < -0.3 is 23.5 Å². The Morgan fingerprint density at radius 2 is 1.84 bits per heavy atom. The second-order valence-electron chi connectivity index (χ2n) is 11.8. The monoisotopic (exact) mass is 601 g/mol. The molecule has 3 aliphatic rings. The molecule has 2 bridgehead atoms. The summed E-state index contributed by atoms with van der Waals surface area (Å²) in [5, 5.41) is 0. The summed E-state index contributed by atoms with van der Waals surface area (Å²) in [4.78, 5) is 29.0. The van der Waals surface area contributed by atoms with E-state index < -0.39 is 0 Å². The van der Waals surface area contributed by atoms with Crippen molar-refractivity contribution in [3.8, 4) is 22.8 Å². The first-order valence-electron chi connectivity index (χ1n) is 15.2. The number of ether oxygens (including phenoxy) is 3. The standard InChI is InChI=1S/C35H39NO6S/c1-22(24-8-5-4-6-9-24)35(38)41-13-7-10-26-18-31(27-16-28(39-2)19-29(17-27)40-3)42-32(26)20-33-34(37)36(21-43-33)30-15-23-11-12-25(30)14-23/h4-6,8-9,16-20,22-23,25,30H,7,10-15,21H2,1-3H3. The number of carbonyl (C=O) groups excluding carboxylic acids is 2. The molecule has 6 rings (SSSR count). The number of methoxy groups -OCH3 is 2. The molecule has 2 saturated carbocycles. The van der Waals surface area contributed by atoms with Gasteiger partial charge in [0.25, 0.3) is 5.91 Å². The lowest BCUT2D eigenvalue weighted by molar-refractivity contribution is -0.145. The molecule has 0 N–H and O–H groups in total. The van der Waals surface area contributed by atoms with Crippen molar-refractivity contribution in [3.05, 3.63) is 76.4 Å². The number of hydrogen-bond donors (Lipinski definition) is 0. The van der Waals surface area contributed by atoms with Crippen LogP contribution in [0.4, 0.5) is 0 Å². The van der Waals surface area contributed by atoms with E-state index in [0.29, 0.717) is 60.3 Å². The van der Waals surface area contributed by atoms with Crippen LogP contribution >= 0.6 is 11.8 Å². The van der Waals surface area contributed by atoms with Gasteiger partial charge in [-0.15, -0.1) is 0 Å². The Morgan fingerprint density at radius 3 is 2.51 bits per heavy atom. The Kier molecular flexibility index (Phi) is 8.84. The summed E-state index contributed by atoms with van der Waals surface area (Å²) in [6.07, 6.45) is 8.12. The molecule has 1 saturated heterocycles. The van der Waals surface area contributed by atoms with E-state index >= 15 is 0 Å². The molecule has 8 heteroatoms. The third kappa shape index (κ3) is 6.35. The molecule has 1 aromatic heterocycles. The van der Waals surface area contributed by atoms with E-state index in [2.05, 4.69) is 4.90 Å². The Hall–Kier alpha value is -3.65. The average molecular weight is 602 g/mol. The number of rotatable bonds is 11. The van der Waals surface area contributed by atoms with Crippen molar-refractivity contribution >= 4 is 29.7 Å². The van der Waals surface area contributed by atoms with Crippen LogP contribution < -0.4 is 9.47 Å². The molecule has 226 valence electrons. The first kappa shape index (κ1) is 29.4. The van der Waals surface area contributed by atoms with E-state index in [1.165, 1.54) is 19.3 Å². The second-order valence-corrected chi connectivity index (χ2v) is 12.8. The molecule has 1 aliphatic heterocycles. The van der Waals surface area contributed by atoms with Crippen LogP contribution in [-0.2, 0) is 20.7 Å². The summed E-state index contributed by atoms with van der Waals surface area (Å²) in [6, 6.07) is 17.7. The minimum atomic E-state index is -0.325. The van der Waals surface area contributed by atoms with Crippen LogP contribution in [0.15, 0.2) is 63.9 Å². The molecule has 3 fully saturated rings. The first-order valence-corrected chi connectivity index (χ1v) is 16.1. The topological polar surface area (TPSA) is 78.2 Å². The molecule has 4 unspecified atom stereocenters. The van der Waals surface area contributed by atoms with Crippen molar-refractivity contribution in [2.45, 2.75) is 57.4 Å². The molecule has 2 aliphatic carbocycles. The summed E-state index contributed by atoms with van der Waals surface area (Å²) in [5.41, 5.74) is 2.72. The van der Waals surface area contributed by atoms with Gasteiger partial charge in [0.1, 0.15) is 23.0 Å². The van der Waals surface area contributed by atoms with Crippen molar-refractivity contribution in [3.63, 3.8) is 0 Å². The van der Waals surface area contributed by atoms with Gasteiger partial charge in [-0.1, -0.05) is 48.5 Å². The Labute approximate surface area is 257 Å². The van der Waals surface area contributed by atoms with Crippen LogP contribution in [-0.4, -0.2) is 49.5 Å². The minimum Gasteiger partial charge on any atom is -0.497 e. The van der Waals surface area contributed by atoms with Crippen LogP contribution in [0.1, 0.15) is 61.8 Å². The van der Waals surface area contributed by atoms with Crippen molar-refractivity contribution in [2.24, 2.45) is 11.8 Å². The number of fused-ring (bicyclic) bond motifs is 2. The molecular formula is C35H39NO6S. The molecule has 2 aromatic carbocycles. The number of hydrogen-bond acceptors (Lipinski definition) is 7. The van der Waals surface area contributed by atoms with Gasteiger partial charge in [0.2, 0.25) is 0 Å². The number of aryl methyl sites for hydroxylation is 1. The quantitative estimate of drug-likeness (QED) is 0.130. The van der Waals surface area contributed by atoms with Gasteiger partial charge in [-0.3, -0.25) is 9.59 Å². The van der Waals surface area contributed by atoms with Crippen LogP contribution in [0.2, 0.25) is 0 Å². The van der Waals surface area contributed by atoms with E-state index in [1.54, 1.807) is 26.0 Å². The fraction of sp³-hybridized carbons (Fsp3) is 0.429. The maximum atomic E-state index is 13.5. The van der Waals surface area contributed by atoms with E-state index in [4.69, 9.17) is 18.6 Å². The number of thioether (sulfide) groups is 1. The molecule has 2 heterocycles. The van der Waals surface area contributed by atoms with Gasteiger partial charge in [0.05, 0.1) is 37.5 Å². The summed E-state index contributed by atoms with van der Waals surface area (Å²) >= 11 is 1.60. The highest BCUT2D eigenvalue weighted by molar-refractivity contribution is 8.04. The number of furan rings is 1. The summed E-state index contributed by atoms with van der Waals surface area (Å²) in [5.74, 6) is 4.32. The second kappa shape index (κ2) is 12.9. The van der Waals surface area contributed by atoms with E-state index in [9.17, 15) is 9.59 Å². The normalized spacial score (nSPS) is 22.8. The lowest BCUT2D eigenvalue weighted by Gasteiger charge is -2.30. The van der Waals surface area contributed by atoms with Crippen molar-refractivity contribution < 1.29 is 28.2 Å². The third-order valence-corrected chi connectivity index (χ3v) is 10.2. The van der Waals surface area contributed by atoms with Crippen LogP contribution in [0.5, 0.6) is 11.5 Å². The van der Waals surface area contributed by atoms with Gasteiger partial charge in [-0.25, -0.2) is 0 Å². The Balaban J connectivity index is 1.20. The van der Waals surface area contributed by atoms with E-state index in [-0.39, 0.29) is 17.8 Å². The zero-order valence-corrected chi connectivity index (χ0v) is 25.9. The van der Waals surface area contributed by atoms with Gasteiger partial charge in [-0.2, -0.15) is 0 Å². The third-order valence-electron chi connectivity index (χ3n) is 9.16. The number of amides is 1. The molecule has 0 spiro atoms. The SMILES string of the molecule is COc1cc(OC)cc(-c2cc(CCCOC(=O)C(C)c3ccccc3)c(C=C3SCN(C4CC5CCC4C5)C3=O)o2)c1. The average Bonchev–Trinajstić information content (AvgIpc) is 3.84. The molecular weight excluding hydrogens is 562 g/mol. The van der Waals surface area contributed by atoms with E-state index in [0.717, 1.165) is 33.9 Å². The summed E-state index contributed by atoms with van der Waals surface area (Å²) < 4.78 is 23.0. The lowest BCUT2D eigenvalue weighted by atomic mass is 9.94. The number of nitrogens with zero attached hydrogens (tertiary/aromatic N) is 1. The summed E-state index contributed by atoms with van der Waals surface area (Å²) in [7, 11) is 3.24.